The van der Waals surface area contributed by atoms with Gasteiger partial charge in [0.25, 0.3) is 0 Å². The van der Waals surface area contributed by atoms with Gasteiger partial charge >= 0.3 is 11.9 Å². The first-order valence-electron chi connectivity index (χ1n) is 14.0. The molecule has 2 aliphatic carbocycles. The number of rotatable bonds is 6. The van der Waals surface area contributed by atoms with E-state index in [1.54, 1.807) is 13.8 Å². The zero-order valence-corrected chi connectivity index (χ0v) is 17.6. The molecule has 0 radical (unpaired) electrons. The van der Waals surface area contributed by atoms with Crippen molar-refractivity contribution in [3.63, 3.8) is 0 Å². The largest absolute Gasteiger partial charge is 0.462 e. The van der Waals surface area contributed by atoms with Crippen LogP contribution >= 0.6 is 0 Å². The van der Waals surface area contributed by atoms with Gasteiger partial charge < -0.3 is 14.6 Å². The Morgan fingerprint density at radius 1 is 1.48 bits per heavy atom. The molecule has 0 spiro atoms. The molecule has 1 saturated heterocycles. The van der Waals surface area contributed by atoms with Gasteiger partial charge in [0.15, 0.2) is 0 Å². The molecule has 162 valence electrons. The third-order valence-electron chi connectivity index (χ3n) is 6.02. The number of ether oxygens (including phenoxy) is 2. The third kappa shape index (κ3) is 5.30. The van der Waals surface area contributed by atoms with Crippen LogP contribution in [-0.4, -0.2) is 35.4 Å². The van der Waals surface area contributed by atoms with E-state index in [0.717, 1.165) is 0 Å². The standard InChI is InChI=1S/C24H36O5/c1-5-15(3)24(27)29-21-11-14(2)10-17-7-6-16(4)20(23(17)21)9-8-19-12-18(25)13-22(26)28-19/h6-7,10,14-16,18-21,23,25H,5,8-9,11-13H2,1-4H3/t14-,15-,16-,18+,19?,20-,21-,23-/m0/s1/i6D,7D,10D,11D2,14D,16D. The molecule has 5 heteroatoms. The molecule has 3 aliphatic rings. The predicted octanol–water partition coefficient (Wildman–Crippen LogP) is 4.20. The lowest BCUT2D eigenvalue weighted by Gasteiger charge is -2.43. The molecular formula is C24H36O5. The van der Waals surface area contributed by atoms with Gasteiger partial charge in [0.1, 0.15) is 12.2 Å². The summed E-state index contributed by atoms with van der Waals surface area (Å²) < 4.78 is 72.2. The first-order valence-corrected chi connectivity index (χ1v) is 10.5. The van der Waals surface area contributed by atoms with Crippen LogP contribution in [-0.2, 0) is 19.1 Å². The summed E-state index contributed by atoms with van der Waals surface area (Å²) in [6, 6.07) is -1.26. The number of esters is 2. The smallest absolute Gasteiger partial charge is 0.308 e. The Morgan fingerprint density at radius 3 is 2.93 bits per heavy atom. The molecule has 3 rings (SSSR count). The first-order chi connectivity index (χ1) is 16.5. The van der Waals surface area contributed by atoms with Crippen molar-refractivity contribution in [1.82, 2.24) is 0 Å². The SMILES string of the molecule is [2H]C1=C([2H])[C@]([2H])(C)[C@H](CCC2C[C@@H](O)CC(=O)O2)[C@@H]2C1=C([2H])[C@]([2H])(C)C([2H])([2H])[C@@H]2OC(=O)[C@@H](C)CC. The minimum atomic E-state index is -2.52. The summed E-state index contributed by atoms with van der Waals surface area (Å²) in [6.45, 7) is 6.06. The van der Waals surface area contributed by atoms with Crippen LogP contribution in [0.15, 0.2) is 23.7 Å². The molecule has 29 heavy (non-hydrogen) atoms. The van der Waals surface area contributed by atoms with E-state index in [0.29, 0.717) is 6.42 Å². The Kier molecular flexibility index (Phi) is 4.70. The van der Waals surface area contributed by atoms with Gasteiger partial charge in [0.05, 0.1) is 22.6 Å². The summed E-state index contributed by atoms with van der Waals surface area (Å²) in [5, 5.41) is 9.97. The fraction of sp³-hybridized carbons (Fsp3) is 0.750. The second-order valence-corrected chi connectivity index (χ2v) is 8.32. The zero-order chi connectivity index (χ0) is 27.4. The lowest BCUT2D eigenvalue weighted by atomic mass is 9.65. The number of aliphatic hydroxyl groups excluding tert-OH is 1. The van der Waals surface area contributed by atoms with Gasteiger partial charge in [-0.15, -0.1) is 0 Å². The van der Waals surface area contributed by atoms with Gasteiger partial charge in [-0.2, -0.15) is 0 Å². The van der Waals surface area contributed by atoms with Gasteiger partial charge in [-0.3, -0.25) is 9.59 Å². The Bertz CT molecular complexity index is 974. The molecule has 1 unspecified atom stereocenters. The summed E-state index contributed by atoms with van der Waals surface area (Å²) in [4.78, 5) is 24.7. The highest BCUT2D eigenvalue weighted by Crippen LogP contribution is 2.45. The van der Waals surface area contributed by atoms with Crippen LogP contribution in [0, 0.1) is 29.5 Å². The van der Waals surface area contributed by atoms with Gasteiger partial charge in [-0.1, -0.05) is 45.9 Å². The van der Waals surface area contributed by atoms with Crippen molar-refractivity contribution in [3.8, 4) is 0 Å². The fourth-order valence-electron chi connectivity index (χ4n) is 4.14. The molecule has 5 nitrogen and oxygen atoms in total. The molecule has 0 saturated carbocycles. The summed E-state index contributed by atoms with van der Waals surface area (Å²) in [7, 11) is 0. The molecular weight excluding hydrogens is 368 g/mol. The quantitative estimate of drug-likeness (QED) is 0.663. The average Bonchev–Trinajstić information content (AvgIpc) is 2.77. The summed E-state index contributed by atoms with van der Waals surface area (Å²) in [5.41, 5.74) is -0.0509. The van der Waals surface area contributed by atoms with Crippen LogP contribution in [0.2, 0.25) is 0 Å². The predicted molar refractivity (Wildman–Crippen MR) is 111 cm³/mol. The van der Waals surface area contributed by atoms with Crippen LogP contribution < -0.4 is 0 Å². The minimum Gasteiger partial charge on any atom is -0.462 e. The molecule has 1 heterocycles. The van der Waals surface area contributed by atoms with Crippen LogP contribution in [0.3, 0.4) is 0 Å². The van der Waals surface area contributed by atoms with Crippen molar-refractivity contribution in [2.75, 3.05) is 0 Å². The van der Waals surface area contributed by atoms with E-state index in [1.807, 2.05) is 0 Å². The highest BCUT2D eigenvalue weighted by atomic mass is 16.5. The maximum atomic E-state index is 12.8. The van der Waals surface area contributed by atoms with Gasteiger partial charge in [-0.25, -0.2) is 0 Å². The minimum absolute atomic E-state index is 0.0509. The first kappa shape index (κ1) is 14.4. The molecule has 0 bridgehead atoms. The van der Waals surface area contributed by atoms with E-state index in [2.05, 4.69) is 0 Å². The van der Waals surface area contributed by atoms with Gasteiger partial charge in [0.2, 0.25) is 0 Å². The fourth-order valence-corrected chi connectivity index (χ4v) is 4.14. The Hall–Kier alpha value is -1.62. The van der Waals surface area contributed by atoms with E-state index < -0.39 is 78.3 Å². The van der Waals surface area contributed by atoms with Crippen molar-refractivity contribution >= 4 is 11.9 Å². The number of carbonyl (C=O) groups excluding carboxylic acids is 2. The average molecular weight is 412 g/mol. The summed E-state index contributed by atoms with van der Waals surface area (Å²) >= 11 is 0. The van der Waals surface area contributed by atoms with E-state index in [9.17, 15) is 14.7 Å². The van der Waals surface area contributed by atoms with Crippen molar-refractivity contribution < 1.29 is 33.8 Å². The zero-order valence-electron chi connectivity index (χ0n) is 24.6. The number of aliphatic hydroxyl groups is 1. The third-order valence-corrected chi connectivity index (χ3v) is 6.02. The maximum Gasteiger partial charge on any atom is 0.308 e. The van der Waals surface area contributed by atoms with Crippen molar-refractivity contribution in [2.45, 2.75) is 84.5 Å². The molecule has 0 amide bonds. The lowest BCUT2D eigenvalue weighted by molar-refractivity contribution is -0.162. The molecule has 1 fully saturated rings. The van der Waals surface area contributed by atoms with E-state index in [4.69, 9.17) is 19.1 Å². The normalized spacial score (nSPS) is 49.2. The maximum absolute atomic E-state index is 12.8. The number of cyclic esters (lactones) is 1. The molecule has 0 aromatic heterocycles. The molecule has 1 N–H and O–H groups in total. The highest BCUT2D eigenvalue weighted by molar-refractivity contribution is 5.72. The second kappa shape index (κ2) is 9.46. The number of carbonyl (C=O) groups is 2. The van der Waals surface area contributed by atoms with Crippen molar-refractivity contribution in [1.29, 1.82) is 0 Å². The molecule has 1 aliphatic heterocycles. The monoisotopic (exact) mass is 411 g/mol. The van der Waals surface area contributed by atoms with Crippen LogP contribution in [0.4, 0.5) is 0 Å². The Balaban J connectivity index is 2.12. The highest BCUT2D eigenvalue weighted by Gasteiger charge is 2.42. The van der Waals surface area contributed by atoms with Crippen molar-refractivity contribution in [3.05, 3.63) is 23.7 Å². The van der Waals surface area contributed by atoms with Gasteiger partial charge in [-0.05, 0) is 48.9 Å². The van der Waals surface area contributed by atoms with Gasteiger partial charge in [0, 0.05) is 17.8 Å². The Labute approximate surface area is 184 Å². The van der Waals surface area contributed by atoms with E-state index in [-0.39, 0.29) is 37.3 Å². The Morgan fingerprint density at radius 2 is 2.24 bits per heavy atom. The number of hydrogen-bond acceptors (Lipinski definition) is 5. The number of allylic oxidation sites excluding steroid dienone is 3. The second-order valence-electron chi connectivity index (χ2n) is 8.32. The molecule has 8 atom stereocenters. The number of fused-ring (bicyclic) bond motifs is 1. The summed E-state index contributed by atoms with van der Waals surface area (Å²) in [6.07, 6.45) is -4.71. The topological polar surface area (TPSA) is 72.8 Å². The van der Waals surface area contributed by atoms with Crippen LogP contribution in [0.25, 0.3) is 0 Å². The van der Waals surface area contributed by atoms with Crippen LogP contribution in [0.1, 0.15) is 75.8 Å². The van der Waals surface area contributed by atoms with Crippen molar-refractivity contribution in [2.24, 2.45) is 29.5 Å². The number of hydrogen-bond donors (Lipinski definition) is 1. The summed E-state index contributed by atoms with van der Waals surface area (Å²) in [5.74, 6) is -7.63. The van der Waals surface area contributed by atoms with E-state index >= 15 is 0 Å². The molecule has 0 aromatic carbocycles. The van der Waals surface area contributed by atoms with E-state index in [1.165, 1.54) is 13.8 Å². The van der Waals surface area contributed by atoms with Crippen LogP contribution in [0.5, 0.6) is 0 Å². The molecule has 0 aromatic rings. The lowest BCUT2D eigenvalue weighted by Crippen LogP contribution is -2.42.